The largest absolute Gasteiger partial charge is 0.311 e. The van der Waals surface area contributed by atoms with Crippen LogP contribution in [0.1, 0.15) is 39.5 Å². The van der Waals surface area contributed by atoms with Crippen LogP contribution in [0.15, 0.2) is 0 Å². The zero-order valence-electron chi connectivity index (χ0n) is 7.69. The molecule has 1 aliphatic carbocycles. The first-order chi connectivity index (χ1) is 5.23. The molecule has 1 saturated carbocycles. The maximum Gasteiger partial charge on any atom is 0.0211 e. The molecular weight excluding hydrogens is 134 g/mol. The Balaban J connectivity index is 1.92. The minimum atomic E-state index is 0.643. The Morgan fingerprint density at radius 1 is 1.45 bits per heavy atom. The van der Waals surface area contributed by atoms with E-state index in [0.717, 1.165) is 11.8 Å². The lowest BCUT2D eigenvalue weighted by Gasteiger charge is -2.19. The minimum absolute atomic E-state index is 0.643. The van der Waals surface area contributed by atoms with Gasteiger partial charge in [-0.3, -0.25) is 0 Å². The summed E-state index contributed by atoms with van der Waals surface area (Å²) in [6, 6.07) is 0. The summed E-state index contributed by atoms with van der Waals surface area (Å²) >= 11 is 0. The second-order valence-corrected chi connectivity index (χ2v) is 4.70. The van der Waals surface area contributed by atoms with E-state index in [9.17, 15) is 0 Å². The highest BCUT2D eigenvalue weighted by molar-refractivity contribution is 5.10. The number of hydrogen-bond donors (Lipinski definition) is 1. The molecule has 0 bridgehead atoms. The molecule has 1 heterocycles. The molecule has 2 aliphatic rings. The maximum absolute atomic E-state index is 3.66. The lowest BCUT2D eigenvalue weighted by Crippen LogP contribution is -2.29. The predicted molar refractivity (Wildman–Crippen MR) is 47.5 cm³/mol. The molecule has 1 N–H and O–H groups in total. The summed E-state index contributed by atoms with van der Waals surface area (Å²) in [6.45, 7) is 5.96. The quantitative estimate of drug-likeness (QED) is 0.641. The van der Waals surface area contributed by atoms with E-state index in [2.05, 4.69) is 19.2 Å². The molecule has 0 amide bonds. The third kappa shape index (κ3) is 1.31. The summed E-state index contributed by atoms with van der Waals surface area (Å²) < 4.78 is 0. The average molecular weight is 153 g/mol. The lowest BCUT2D eigenvalue weighted by molar-refractivity contribution is 0.353. The fourth-order valence-electron chi connectivity index (χ4n) is 2.55. The molecule has 2 fully saturated rings. The van der Waals surface area contributed by atoms with Gasteiger partial charge < -0.3 is 5.32 Å². The van der Waals surface area contributed by atoms with Gasteiger partial charge in [-0.2, -0.15) is 0 Å². The van der Waals surface area contributed by atoms with Crippen molar-refractivity contribution in [1.82, 2.24) is 5.32 Å². The van der Waals surface area contributed by atoms with E-state index < -0.39 is 0 Å². The van der Waals surface area contributed by atoms with Gasteiger partial charge in [0.25, 0.3) is 0 Å². The standard InChI is InChI=1S/C10H19N/c1-8(2)7-9-3-6-11-10(9)4-5-10/h8-9,11H,3-7H2,1-2H3. The van der Waals surface area contributed by atoms with Gasteiger partial charge in [-0.05, 0) is 44.1 Å². The van der Waals surface area contributed by atoms with Crippen LogP contribution in [0.3, 0.4) is 0 Å². The van der Waals surface area contributed by atoms with Gasteiger partial charge in [0.05, 0.1) is 0 Å². The molecule has 1 saturated heterocycles. The summed E-state index contributed by atoms with van der Waals surface area (Å²) in [6.07, 6.45) is 5.76. The SMILES string of the molecule is CC(C)CC1CCNC12CC2. The van der Waals surface area contributed by atoms with Crippen LogP contribution in [-0.4, -0.2) is 12.1 Å². The van der Waals surface area contributed by atoms with Gasteiger partial charge in [-0.25, -0.2) is 0 Å². The van der Waals surface area contributed by atoms with Crippen LogP contribution in [0, 0.1) is 11.8 Å². The van der Waals surface area contributed by atoms with E-state index in [1.165, 1.54) is 32.2 Å². The van der Waals surface area contributed by atoms with Crippen molar-refractivity contribution in [2.24, 2.45) is 11.8 Å². The van der Waals surface area contributed by atoms with Crippen LogP contribution in [0.2, 0.25) is 0 Å². The second-order valence-electron chi connectivity index (χ2n) is 4.70. The van der Waals surface area contributed by atoms with Crippen molar-refractivity contribution in [3.8, 4) is 0 Å². The van der Waals surface area contributed by atoms with E-state index in [0.29, 0.717) is 5.54 Å². The van der Waals surface area contributed by atoms with E-state index in [4.69, 9.17) is 0 Å². The summed E-state index contributed by atoms with van der Waals surface area (Å²) in [5.41, 5.74) is 0.643. The highest BCUT2D eigenvalue weighted by Gasteiger charge is 2.51. The van der Waals surface area contributed by atoms with Crippen molar-refractivity contribution in [3.05, 3.63) is 0 Å². The Bertz CT molecular complexity index is 147. The summed E-state index contributed by atoms with van der Waals surface area (Å²) in [5, 5.41) is 3.66. The summed E-state index contributed by atoms with van der Waals surface area (Å²) in [7, 11) is 0. The summed E-state index contributed by atoms with van der Waals surface area (Å²) in [5.74, 6) is 1.89. The van der Waals surface area contributed by atoms with Crippen LogP contribution in [-0.2, 0) is 0 Å². The molecule has 1 unspecified atom stereocenters. The normalized spacial score (nSPS) is 33.5. The van der Waals surface area contributed by atoms with Gasteiger partial charge in [0.2, 0.25) is 0 Å². The first-order valence-electron chi connectivity index (χ1n) is 4.98. The van der Waals surface area contributed by atoms with E-state index in [1.54, 1.807) is 0 Å². The Morgan fingerprint density at radius 2 is 2.18 bits per heavy atom. The number of rotatable bonds is 2. The summed E-state index contributed by atoms with van der Waals surface area (Å²) in [4.78, 5) is 0. The van der Waals surface area contributed by atoms with Gasteiger partial charge in [-0.1, -0.05) is 13.8 Å². The molecule has 0 aromatic carbocycles. The fourth-order valence-corrected chi connectivity index (χ4v) is 2.55. The van der Waals surface area contributed by atoms with Gasteiger partial charge in [0, 0.05) is 5.54 Å². The van der Waals surface area contributed by atoms with E-state index >= 15 is 0 Å². The van der Waals surface area contributed by atoms with Crippen LogP contribution in [0.4, 0.5) is 0 Å². The van der Waals surface area contributed by atoms with Gasteiger partial charge in [0.15, 0.2) is 0 Å². The Morgan fingerprint density at radius 3 is 2.73 bits per heavy atom. The highest BCUT2D eigenvalue weighted by atomic mass is 15.1. The molecule has 1 nitrogen and oxygen atoms in total. The Hall–Kier alpha value is -0.0400. The highest BCUT2D eigenvalue weighted by Crippen LogP contribution is 2.49. The Kier molecular flexibility index (Phi) is 1.71. The Labute approximate surface area is 69.6 Å². The first-order valence-corrected chi connectivity index (χ1v) is 4.98. The molecule has 0 radical (unpaired) electrons. The van der Waals surface area contributed by atoms with Gasteiger partial charge in [-0.15, -0.1) is 0 Å². The fraction of sp³-hybridized carbons (Fsp3) is 1.00. The van der Waals surface area contributed by atoms with Crippen molar-refractivity contribution in [3.63, 3.8) is 0 Å². The van der Waals surface area contributed by atoms with Crippen LogP contribution in [0.25, 0.3) is 0 Å². The van der Waals surface area contributed by atoms with Crippen LogP contribution < -0.4 is 5.32 Å². The van der Waals surface area contributed by atoms with Crippen molar-refractivity contribution in [2.75, 3.05) is 6.54 Å². The molecule has 0 aromatic rings. The van der Waals surface area contributed by atoms with E-state index in [1.807, 2.05) is 0 Å². The van der Waals surface area contributed by atoms with Crippen molar-refractivity contribution in [2.45, 2.75) is 45.1 Å². The van der Waals surface area contributed by atoms with Crippen molar-refractivity contribution >= 4 is 0 Å². The smallest absolute Gasteiger partial charge is 0.0211 e. The first kappa shape index (κ1) is 7.60. The second kappa shape index (κ2) is 2.48. The molecular formula is C10H19N. The molecule has 1 aliphatic heterocycles. The van der Waals surface area contributed by atoms with Gasteiger partial charge in [0.1, 0.15) is 0 Å². The maximum atomic E-state index is 3.66. The topological polar surface area (TPSA) is 12.0 Å². The monoisotopic (exact) mass is 153 g/mol. The number of hydrogen-bond acceptors (Lipinski definition) is 1. The van der Waals surface area contributed by atoms with Crippen LogP contribution >= 0.6 is 0 Å². The van der Waals surface area contributed by atoms with Gasteiger partial charge >= 0.3 is 0 Å². The minimum Gasteiger partial charge on any atom is -0.311 e. The third-order valence-corrected chi connectivity index (χ3v) is 3.30. The van der Waals surface area contributed by atoms with Crippen molar-refractivity contribution in [1.29, 1.82) is 0 Å². The number of nitrogens with one attached hydrogen (secondary N) is 1. The molecule has 0 aromatic heterocycles. The molecule has 11 heavy (non-hydrogen) atoms. The molecule has 1 spiro atoms. The zero-order chi connectivity index (χ0) is 7.90. The lowest BCUT2D eigenvalue weighted by atomic mass is 9.89. The molecule has 2 rings (SSSR count). The molecule has 1 atom stereocenters. The average Bonchev–Trinajstić information content (AvgIpc) is 2.56. The third-order valence-electron chi connectivity index (χ3n) is 3.30. The van der Waals surface area contributed by atoms with Crippen molar-refractivity contribution < 1.29 is 0 Å². The zero-order valence-corrected chi connectivity index (χ0v) is 7.69. The van der Waals surface area contributed by atoms with E-state index in [-0.39, 0.29) is 0 Å². The predicted octanol–water partition coefficient (Wildman–Crippen LogP) is 2.17. The van der Waals surface area contributed by atoms with Crippen LogP contribution in [0.5, 0.6) is 0 Å². The molecule has 64 valence electrons. The molecule has 1 heteroatoms.